The van der Waals surface area contributed by atoms with Gasteiger partial charge in [-0.1, -0.05) is 54.6 Å². The minimum Gasteiger partial charge on any atom is -0.497 e. The third-order valence-corrected chi connectivity index (χ3v) is 12.1. The molecule has 0 aliphatic heterocycles. The van der Waals surface area contributed by atoms with Crippen molar-refractivity contribution in [2.24, 2.45) is 0 Å². The van der Waals surface area contributed by atoms with Crippen LogP contribution in [0.15, 0.2) is 149 Å². The van der Waals surface area contributed by atoms with E-state index in [-0.39, 0.29) is 39.9 Å². The second-order valence-corrected chi connectivity index (χ2v) is 17.4. The number of nitrogens with one attached hydrogen (secondary N) is 2. The molecule has 64 heavy (non-hydrogen) atoms. The summed E-state index contributed by atoms with van der Waals surface area (Å²) in [6, 6.07) is 32.4. The molecule has 0 saturated heterocycles. The molecule has 0 fully saturated rings. The van der Waals surface area contributed by atoms with E-state index in [0.717, 1.165) is 22.3 Å². The zero-order valence-corrected chi connectivity index (χ0v) is 35.1. The van der Waals surface area contributed by atoms with E-state index in [1.54, 1.807) is 54.6 Å². The van der Waals surface area contributed by atoms with E-state index in [1.807, 2.05) is 22.9 Å². The van der Waals surface area contributed by atoms with Crippen LogP contribution in [0.5, 0.6) is 5.75 Å². The molecule has 6 aromatic rings. The van der Waals surface area contributed by atoms with Gasteiger partial charge in [0.1, 0.15) is 5.75 Å². The number of sulfonamides is 2. The number of anilines is 2. The third-order valence-electron chi connectivity index (χ3n) is 9.39. The highest BCUT2D eigenvalue weighted by Gasteiger charge is 2.38. The van der Waals surface area contributed by atoms with Gasteiger partial charge in [0.05, 0.1) is 39.2 Å². The van der Waals surface area contributed by atoms with Gasteiger partial charge in [0.15, 0.2) is 0 Å². The molecule has 6 aromatic carbocycles. The molecule has 0 aliphatic carbocycles. The van der Waals surface area contributed by atoms with Crippen molar-refractivity contribution in [1.29, 1.82) is 0 Å². The van der Waals surface area contributed by atoms with Crippen LogP contribution in [0.2, 0.25) is 0 Å². The van der Waals surface area contributed by atoms with Crippen LogP contribution >= 0.6 is 0 Å². The first kappa shape index (κ1) is 48.2. The molecule has 0 radical (unpaired) electrons. The fourth-order valence-electron chi connectivity index (χ4n) is 6.05. The first-order valence-electron chi connectivity index (χ1n) is 18.8. The van der Waals surface area contributed by atoms with E-state index in [1.165, 1.54) is 55.6 Å². The fourth-order valence-corrected chi connectivity index (χ4v) is 8.28. The van der Waals surface area contributed by atoms with E-state index < -0.39 is 60.4 Å². The number of ether oxygens (including phenoxy) is 1. The quantitative estimate of drug-likeness (QED) is 0.0731. The molecule has 0 spiro atoms. The van der Waals surface area contributed by atoms with Crippen LogP contribution in [0.3, 0.4) is 0 Å². The van der Waals surface area contributed by atoms with Crippen molar-refractivity contribution in [3.05, 3.63) is 184 Å². The SMILES string of the molecule is COc1cccc(S(=O)(=O)Nc2ccc(CCc3cccc(C(=O)O)c3)cc2)c1.O=C(O)c1cccc(CCc2ccc(NS(=O)(=O)c3cc(C(F)(F)F)cc(C(F)(F)F)c3)cc2)c1. The Labute approximate surface area is 364 Å². The van der Waals surface area contributed by atoms with Crippen LogP contribution in [0, 0.1) is 0 Å². The number of carboxylic acid groups (broad SMARTS) is 2. The van der Waals surface area contributed by atoms with Crippen molar-refractivity contribution in [2.45, 2.75) is 47.8 Å². The summed E-state index contributed by atoms with van der Waals surface area (Å²) >= 11 is 0. The Balaban J connectivity index is 0.000000245. The average molecular weight is 929 g/mol. The Kier molecular flexibility index (Phi) is 15.1. The smallest absolute Gasteiger partial charge is 0.416 e. The van der Waals surface area contributed by atoms with Crippen LogP contribution in [0.25, 0.3) is 0 Å². The third kappa shape index (κ3) is 13.6. The number of hydrogen-bond donors (Lipinski definition) is 4. The topological polar surface area (TPSA) is 176 Å². The lowest BCUT2D eigenvalue weighted by molar-refractivity contribution is -0.143. The van der Waals surface area contributed by atoms with Gasteiger partial charge in [-0.3, -0.25) is 9.44 Å². The second-order valence-electron chi connectivity index (χ2n) is 14.0. The molecule has 6 rings (SSSR count). The molecule has 0 amide bonds. The number of rotatable bonds is 15. The molecule has 336 valence electrons. The van der Waals surface area contributed by atoms with Crippen LogP contribution in [-0.4, -0.2) is 46.1 Å². The largest absolute Gasteiger partial charge is 0.497 e. The molecule has 0 unspecified atom stereocenters. The molecule has 0 atom stereocenters. The molecule has 0 aliphatic rings. The number of hydrogen-bond acceptors (Lipinski definition) is 7. The van der Waals surface area contributed by atoms with Gasteiger partial charge in [-0.05, 0) is 127 Å². The van der Waals surface area contributed by atoms with Crippen LogP contribution in [0.4, 0.5) is 37.7 Å². The maximum atomic E-state index is 13.0. The highest BCUT2D eigenvalue weighted by Crippen LogP contribution is 2.37. The summed E-state index contributed by atoms with van der Waals surface area (Å²) in [5.74, 6) is -1.54. The molecular formula is C45H38F6N2O9S2. The zero-order valence-electron chi connectivity index (χ0n) is 33.4. The van der Waals surface area contributed by atoms with Crippen LogP contribution in [0.1, 0.15) is 54.1 Å². The van der Waals surface area contributed by atoms with Gasteiger partial charge in [-0.15, -0.1) is 0 Å². The van der Waals surface area contributed by atoms with Gasteiger partial charge in [-0.2, -0.15) is 26.3 Å². The first-order valence-corrected chi connectivity index (χ1v) is 21.8. The summed E-state index contributed by atoms with van der Waals surface area (Å²) in [6.45, 7) is 0. The van der Waals surface area contributed by atoms with Gasteiger partial charge >= 0.3 is 24.3 Å². The van der Waals surface area contributed by atoms with Crippen molar-refractivity contribution >= 4 is 43.4 Å². The van der Waals surface area contributed by atoms with Crippen LogP contribution < -0.4 is 14.2 Å². The Bertz CT molecular complexity index is 2800. The van der Waals surface area contributed by atoms with Gasteiger partial charge in [-0.25, -0.2) is 26.4 Å². The standard InChI is InChI=1S/C23H17F6NO4S.C22H21NO5S/c24-22(25,26)17-11-18(23(27,28)29)13-20(12-17)35(33,34)30-19-8-6-14(7-9-19)4-5-15-2-1-3-16(10-15)21(31)32;1-28-20-6-3-7-21(15-20)29(26,27)23-19-12-10-16(11-13-19)8-9-17-4-2-5-18(14-17)22(24)25/h1-3,6-13,30H,4-5H2,(H,31,32);2-7,10-15,23H,8-9H2,1H3,(H,24,25). The lowest BCUT2D eigenvalue weighted by Gasteiger charge is -2.15. The fraction of sp³-hybridized carbons (Fsp3) is 0.156. The Morgan fingerprint density at radius 2 is 0.891 bits per heavy atom. The van der Waals surface area contributed by atoms with E-state index in [2.05, 4.69) is 4.72 Å². The number of carboxylic acids is 2. The van der Waals surface area contributed by atoms with Gasteiger partial charge in [0, 0.05) is 17.4 Å². The zero-order chi connectivity index (χ0) is 46.9. The Morgan fingerprint density at radius 1 is 0.500 bits per heavy atom. The summed E-state index contributed by atoms with van der Waals surface area (Å²) in [6.07, 6.45) is -8.01. The minimum absolute atomic E-state index is 0.0624. The maximum absolute atomic E-state index is 13.0. The lowest BCUT2D eigenvalue weighted by Crippen LogP contribution is -2.17. The molecule has 0 bridgehead atoms. The number of alkyl halides is 6. The van der Waals surface area contributed by atoms with Crippen molar-refractivity contribution in [2.75, 3.05) is 16.6 Å². The molecule has 19 heteroatoms. The summed E-state index contributed by atoms with van der Waals surface area (Å²) in [5, 5.41) is 18.1. The monoisotopic (exact) mass is 928 g/mol. The molecule has 0 aromatic heterocycles. The van der Waals surface area contributed by atoms with Gasteiger partial charge in [0.2, 0.25) is 0 Å². The summed E-state index contributed by atoms with van der Waals surface area (Å²) in [4.78, 5) is 21.0. The molecule has 4 N–H and O–H groups in total. The number of carbonyl (C=O) groups is 2. The lowest BCUT2D eigenvalue weighted by atomic mass is 10.0. The van der Waals surface area contributed by atoms with E-state index in [9.17, 15) is 52.8 Å². The van der Waals surface area contributed by atoms with E-state index >= 15 is 0 Å². The number of methoxy groups -OCH3 is 1. The van der Waals surface area contributed by atoms with Crippen LogP contribution in [-0.2, 0) is 58.1 Å². The molecular weight excluding hydrogens is 891 g/mol. The normalized spacial score (nSPS) is 11.8. The predicted molar refractivity (Wildman–Crippen MR) is 226 cm³/mol. The summed E-state index contributed by atoms with van der Waals surface area (Å²) in [7, 11) is -7.00. The second kappa shape index (κ2) is 20.1. The maximum Gasteiger partial charge on any atom is 0.416 e. The minimum atomic E-state index is -5.18. The van der Waals surface area contributed by atoms with Crippen molar-refractivity contribution in [1.82, 2.24) is 0 Å². The van der Waals surface area contributed by atoms with Crippen molar-refractivity contribution in [3.63, 3.8) is 0 Å². The average Bonchev–Trinajstić information content (AvgIpc) is 3.25. The summed E-state index contributed by atoms with van der Waals surface area (Å²) < 4.78 is 138. The molecule has 0 heterocycles. The highest BCUT2D eigenvalue weighted by molar-refractivity contribution is 7.93. The Morgan fingerprint density at radius 3 is 1.28 bits per heavy atom. The highest BCUT2D eigenvalue weighted by atomic mass is 32.2. The van der Waals surface area contributed by atoms with E-state index in [0.29, 0.717) is 37.1 Å². The van der Waals surface area contributed by atoms with Gasteiger partial charge in [0.25, 0.3) is 20.0 Å². The van der Waals surface area contributed by atoms with E-state index in [4.69, 9.17) is 14.9 Å². The molecule has 0 saturated carbocycles. The number of aryl methyl sites for hydroxylation is 4. The van der Waals surface area contributed by atoms with Crippen molar-refractivity contribution in [3.8, 4) is 5.75 Å². The molecule has 11 nitrogen and oxygen atoms in total. The number of benzene rings is 6. The first-order chi connectivity index (χ1) is 30.0. The predicted octanol–water partition coefficient (Wildman–Crippen LogP) is 9.99. The number of aromatic carboxylic acids is 2. The van der Waals surface area contributed by atoms with Crippen molar-refractivity contribution < 1.29 is 67.7 Å². The number of halogens is 6. The van der Waals surface area contributed by atoms with Gasteiger partial charge < -0.3 is 14.9 Å². The summed E-state index contributed by atoms with van der Waals surface area (Å²) in [5.41, 5.74) is 0.789. The Hall–Kier alpha value is -6.86.